The van der Waals surface area contributed by atoms with E-state index in [1.165, 1.54) is 0 Å². The van der Waals surface area contributed by atoms with Crippen LogP contribution in [0.15, 0.2) is 30.3 Å². The monoisotopic (exact) mass is 233 g/mol. The maximum atomic E-state index is 12.0. The first-order chi connectivity index (χ1) is 8.16. The van der Waals surface area contributed by atoms with Gasteiger partial charge in [-0.25, -0.2) is 0 Å². The Labute approximate surface area is 102 Å². The number of likely N-dealkylation sites (tertiary alicyclic amines) is 1. The second-order valence-electron chi connectivity index (χ2n) is 4.57. The summed E-state index contributed by atoms with van der Waals surface area (Å²) >= 11 is 0. The molecule has 2 N–H and O–H groups in total. The molecule has 0 spiro atoms. The van der Waals surface area contributed by atoms with Crippen LogP contribution in [0.1, 0.15) is 6.42 Å². The molecule has 0 radical (unpaired) electrons. The van der Waals surface area contributed by atoms with Gasteiger partial charge in [-0.3, -0.25) is 9.69 Å². The molecule has 0 aromatic heterocycles. The first-order valence-corrected chi connectivity index (χ1v) is 5.96. The second kappa shape index (κ2) is 5.29. The van der Waals surface area contributed by atoms with Crippen molar-refractivity contribution >= 4 is 11.6 Å². The van der Waals surface area contributed by atoms with Gasteiger partial charge in [0, 0.05) is 31.9 Å². The molecule has 92 valence electrons. The van der Waals surface area contributed by atoms with Crippen molar-refractivity contribution in [1.29, 1.82) is 0 Å². The molecule has 17 heavy (non-hydrogen) atoms. The molecule has 1 fully saturated rings. The summed E-state index contributed by atoms with van der Waals surface area (Å²) in [6, 6.07) is 9.92. The molecule has 1 heterocycles. The van der Waals surface area contributed by atoms with E-state index in [0.717, 1.165) is 25.2 Å². The van der Waals surface area contributed by atoms with Crippen LogP contribution in [0.4, 0.5) is 5.69 Å². The predicted octanol–water partition coefficient (Wildman–Crippen LogP) is 0.682. The van der Waals surface area contributed by atoms with Gasteiger partial charge in [0.2, 0.25) is 5.91 Å². The Balaban J connectivity index is 1.92. The molecule has 0 bridgehead atoms. The van der Waals surface area contributed by atoms with Gasteiger partial charge in [0.1, 0.15) is 0 Å². The summed E-state index contributed by atoms with van der Waals surface area (Å²) in [4.78, 5) is 15.9. The third kappa shape index (κ3) is 3.05. The number of anilines is 1. The van der Waals surface area contributed by atoms with E-state index >= 15 is 0 Å². The van der Waals surface area contributed by atoms with Crippen molar-refractivity contribution in [1.82, 2.24) is 4.90 Å². The minimum Gasteiger partial charge on any atom is -0.326 e. The minimum atomic E-state index is 0.116. The van der Waals surface area contributed by atoms with Gasteiger partial charge in [-0.1, -0.05) is 18.2 Å². The van der Waals surface area contributed by atoms with Crippen molar-refractivity contribution in [3.8, 4) is 0 Å². The number of carbonyl (C=O) groups is 1. The van der Waals surface area contributed by atoms with Crippen molar-refractivity contribution in [3.05, 3.63) is 30.3 Å². The number of rotatable bonds is 3. The van der Waals surface area contributed by atoms with Crippen LogP contribution < -0.4 is 10.6 Å². The molecule has 1 aliphatic heterocycles. The van der Waals surface area contributed by atoms with Gasteiger partial charge in [-0.05, 0) is 18.6 Å². The molecule has 1 amide bonds. The lowest BCUT2D eigenvalue weighted by Gasteiger charge is -2.21. The summed E-state index contributed by atoms with van der Waals surface area (Å²) in [5.74, 6) is 0.116. The first kappa shape index (κ1) is 12.1. The number of hydrogen-bond donors (Lipinski definition) is 1. The SMILES string of the molecule is CN(C(=O)CN1CC[C@@H](N)C1)c1ccccc1. The van der Waals surface area contributed by atoms with Crippen LogP contribution in [0.2, 0.25) is 0 Å². The van der Waals surface area contributed by atoms with E-state index in [2.05, 4.69) is 4.90 Å². The van der Waals surface area contributed by atoms with Crippen LogP contribution in [-0.4, -0.2) is 43.5 Å². The minimum absolute atomic E-state index is 0.116. The maximum Gasteiger partial charge on any atom is 0.240 e. The fourth-order valence-electron chi connectivity index (χ4n) is 2.10. The highest BCUT2D eigenvalue weighted by atomic mass is 16.2. The van der Waals surface area contributed by atoms with Crippen LogP contribution in [0.3, 0.4) is 0 Å². The number of nitrogens with zero attached hydrogens (tertiary/aromatic N) is 2. The summed E-state index contributed by atoms with van der Waals surface area (Å²) in [5, 5.41) is 0. The molecule has 4 heteroatoms. The van der Waals surface area contributed by atoms with Gasteiger partial charge in [0.25, 0.3) is 0 Å². The van der Waals surface area contributed by atoms with Gasteiger partial charge in [0.05, 0.1) is 6.54 Å². The van der Waals surface area contributed by atoms with E-state index in [1.54, 1.807) is 4.90 Å². The van der Waals surface area contributed by atoms with Gasteiger partial charge in [0.15, 0.2) is 0 Å². The van der Waals surface area contributed by atoms with Crippen LogP contribution in [-0.2, 0) is 4.79 Å². The van der Waals surface area contributed by atoms with E-state index in [4.69, 9.17) is 5.73 Å². The molecule has 1 saturated heterocycles. The molecule has 4 nitrogen and oxygen atoms in total. The van der Waals surface area contributed by atoms with Crippen LogP contribution in [0.25, 0.3) is 0 Å². The van der Waals surface area contributed by atoms with E-state index < -0.39 is 0 Å². The number of likely N-dealkylation sites (N-methyl/N-ethyl adjacent to an activating group) is 1. The lowest BCUT2D eigenvalue weighted by atomic mass is 10.3. The average Bonchev–Trinajstić information content (AvgIpc) is 2.75. The van der Waals surface area contributed by atoms with E-state index in [9.17, 15) is 4.79 Å². The van der Waals surface area contributed by atoms with Crippen LogP contribution >= 0.6 is 0 Å². The van der Waals surface area contributed by atoms with Crippen LogP contribution in [0.5, 0.6) is 0 Å². The van der Waals surface area contributed by atoms with Gasteiger partial charge in [-0.15, -0.1) is 0 Å². The average molecular weight is 233 g/mol. The lowest BCUT2D eigenvalue weighted by Crippen LogP contribution is -2.38. The largest absolute Gasteiger partial charge is 0.326 e. The Morgan fingerprint density at radius 2 is 2.18 bits per heavy atom. The number of hydrogen-bond acceptors (Lipinski definition) is 3. The second-order valence-corrected chi connectivity index (χ2v) is 4.57. The Hall–Kier alpha value is -1.39. The highest BCUT2D eigenvalue weighted by Gasteiger charge is 2.22. The maximum absolute atomic E-state index is 12.0. The third-order valence-corrected chi connectivity index (χ3v) is 3.19. The Morgan fingerprint density at radius 1 is 1.47 bits per heavy atom. The first-order valence-electron chi connectivity index (χ1n) is 5.96. The molecule has 1 aliphatic rings. The summed E-state index contributed by atoms with van der Waals surface area (Å²) in [7, 11) is 1.81. The number of carbonyl (C=O) groups excluding carboxylic acids is 1. The lowest BCUT2D eigenvalue weighted by molar-refractivity contribution is -0.119. The topological polar surface area (TPSA) is 49.6 Å². The fraction of sp³-hybridized carbons (Fsp3) is 0.462. The Kier molecular flexibility index (Phi) is 3.76. The Bertz CT molecular complexity index is 380. The predicted molar refractivity (Wildman–Crippen MR) is 68.9 cm³/mol. The van der Waals surface area contributed by atoms with E-state index in [0.29, 0.717) is 6.54 Å². The standard InChI is InChI=1S/C13H19N3O/c1-15(12-5-3-2-4-6-12)13(17)10-16-8-7-11(14)9-16/h2-6,11H,7-10,14H2,1H3/t11-/m1/s1. The summed E-state index contributed by atoms with van der Waals surface area (Å²) in [5.41, 5.74) is 6.75. The van der Waals surface area contributed by atoms with E-state index in [-0.39, 0.29) is 11.9 Å². The van der Waals surface area contributed by atoms with Gasteiger partial charge < -0.3 is 10.6 Å². The summed E-state index contributed by atoms with van der Waals surface area (Å²) in [6.45, 7) is 2.21. The van der Waals surface area contributed by atoms with Crippen molar-refractivity contribution in [2.45, 2.75) is 12.5 Å². The normalized spacial score (nSPS) is 20.5. The molecule has 0 aliphatic carbocycles. The summed E-state index contributed by atoms with van der Waals surface area (Å²) < 4.78 is 0. The molecule has 1 aromatic carbocycles. The molecule has 2 rings (SSSR count). The molecular weight excluding hydrogens is 214 g/mol. The molecule has 1 aromatic rings. The Morgan fingerprint density at radius 3 is 2.76 bits per heavy atom. The number of para-hydroxylation sites is 1. The number of nitrogens with two attached hydrogens (primary N) is 1. The zero-order valence-electron chi connectivity index (χ0n) is 10.2. The van der Waals surface area contributed by atoms with Gasteiger partial charge >= 0.3 is 0 Å². The van der Waals surface area contributed by atoms with Crippen molar-refractivity contribution in [2.75, 3.05) is 31.6 Å². The molecule has 1 atom stereocenters. The quantitative estimate of drug-likeness (QED) is 0.835. The summed E-state index contributed by atoms with van der Waals surface area (Å²) in [6.07, 6.45) is 0.988. The van der Waals surface area contributed by atoms with Crippen molar-refractivity contribution in [2.24, 2.45) is 5.73 Å². The highest BCUT2D eigenvalue weighted by Crippen LogP contribution is 2.13. The fourth-order valence-corrected chi connectivity index (χ4v) is 2.10. The van der Waals surface area contributed by atoms with E-state index in [1.807, 2.05) is 37.4 Å². The van der Waals surface area contributed by atoms with Crippen molar-refractivity contribution in [3.63, 3.8) is 0 Å². The van der Waals surface area contributed by atoms with Crippen molar-refractivity contribution < 1.29 is 4.79 Å². The third-order valence-electron chi connectivity index (χ3n) is 3.19. The zero-order chi connectivity index (χ0) is 12.3. The number of benzene rings is 1. The smallest absolute Gasteiger partial charge is 0.240 e. The van der Waals surface area contributed by atoms with Crippen LogP contribution in [0, 0.1) is 0 Å². The highest BCUT2D eigenvalue weighted by molar-refractivity contribution is 5.94. The zero-order valence-corrected chi connectivity index (χ0v) is 10.2. The van der Waals surface area contributed by atoms with Gasteiger partial charge in [-0.2, -0.15) is 0 Å². The molecular formula is C13H19N3O. The number of amides is 1. The molecule has 0 unspecified atom stereocenters. The molecule has 0 saturated carbocycles.